The quantitative estimate of drug-likeness (QED) is 0.850. The number of aliphatic hydroxyl groups excluding tert-OH is 1. The van der Waals surface area contributed by atoms with E-state index in [0.29, 0.717) is 27.9 Å². The van der Waals surface area contributed by atoms with Crippen LogP contribution in [0.25, 0.3) is 0 Å². The van der Waals surface area contributed by atoms with Crippen molar-refractivity contribution in [2.24, 2.45) is 0 Å². The van der Waals surface area contributed by atoms with E-state index in [1.807, 2.05) is 16.8 Å². The van der Waals surface area contributed by atoms with E-state index in [2.05, 4.69) is 36.0 Å². The Morgan fingerprint density at radius 1 is 1.48 bits per heavy atom. The van der Waals surface area contributed by atoms with Crippen molar-refractivity contribution in [1.82, 2.24) is 4.98 Å². The van der Waals surface area contributed by atoms with Crippen LogP contribution in [0.2, 0.25) is 0 Å². The SMILES string of the molecule is CC(C)c1csc(NC(=O)c2sccc2C#CCCO)n1. The highest BCUT2D eigenvalue weighted by atomic mass is 32.1. The standard InChI is InChI=1S/C15H16N2O2S2/c1-10(2)12-9-21-15(16-12)17-14(19)13-11(6-8-20-13)5-3-4-7-18/h6,8-10,18H,4,7H2,1-2H3,(H,16,17,19). The minimum atomic E-state index is -0.192. The maximum Gasteiger partial charge on any atom is 0.268 e. The number of hydrogen-bond donors (Lipinski definition) is 2. The first-order chi connectivity index (χ1) is 10.1. The zero-order valence-electron chi connectivity index (χ0n) is 11.8. The van der Waals surface area contributed by atoms with Crippen LogP contribution in [0.5, 0.6) is 0 Å². The lowest BCUT2D eigenvalue weighted by Crippen LogP contribution is -2.11. The molecular weight excluding hydrogens is 304 g/mol. The highest BCUT2D eigenvalue weighted by Gasteiger charge is 2.14. The number of thiophene rings is 1. The summed E-state index contributed by atoms with van der Waals surface area (Å²) in [5, 5.41) is 15.9. The van der Waals surface area contributed by atoms with Gasteiger partial charge in [-0.3, -0.25) is 10.1 Å². The first kappa shape index (κ1) is 15.7. The van der Waals surface area contributed by atoms with E-state index in [9.17, 15) is 4.79 Å². The Kier molecular flexibility index (Phi) is 5.51. The molecule has 0 saturated carbocycles. The smallest absolute Gasteiger partial charge is 0.268 e. The Hall–Kier alpha value is -1.68. The van der Waals surface area contributed by atoms with Crippen molar-refractivity contribution < 1.29 is 9.90 Å². The molecule has 4 nitrogen and oxygen atoms in total. The summed E-state index contributed by atoms with van der Waals surface area (Å²) < 4.78 is 0. The van der Waals surface area contributed by atoms with Crippen molar-refractivity contribution in [2.75, 3.05) is 11.9 Å². The second-order valence-electron chi connectivity index (χ2n) is 4.63. The minimum absolute atomic E-state index is 0.0236. The summed E-state index contributed by atoms with van der Waals surface area (Å²) in [6, 6.07) is 1.81. The van der Waals surface area contributed by atoms with E-state index in [1.54, 1.807) is 0 Å². The van der Waals surface area contributed by atoms with Gasteiger partial charge in [0.25, 0.3) is 5.91 Å². The molecule has 0 aliphatic rings. The zero-order chi connectivity index (χ0) is 15.2. The number of aromatic nitrogens is 1. The van der Waals surface area contributed by atoms with Gasteiger partial charge in [-0.15, -0.1) is 22.7 Å². The molecule has 0 spiro atoms. The van der Waals surface area contributed by atoms with Crippen molar-refractivity contribution in [2.45, 2.75) is 26.2 Å². The highest BCUT2D eigenvalue weighted by molar-refractivity contribution is 7.14. The number of amides is 1. The van der Waals surface area contributed by atoms with Crippen LogP contribution in [0.3, 0.4) is 0 Å². The second kappa shape index (κ2) is 7.36. The van der Waals surface area contributed by atoms with Gasteiger partial charge in [0, 0.05) is 17.4 Å². The van der Waals surface area contributed by atoms with Gasteiger partial charge in [-0.05, 0) is 17.4 Å². The molecule has 2 N–H and O–H groups in total. The Bertz CT molecular complexity index is 677. The summed E-state index contributed by atoms with van der Waals surface area (Å²) in [5.41, 5.74) is 1.66. The van der Waals surface area contributed by atoms with Gasteiger partial charge in [-0.2, -0.15) is 0 Å². The van der Waals surface area contributed by atoms with Gasteiger partial charge < -0.3 is 5.11 Å². The summed E-state index contributed by atoms with van der Waals surface area (Å²) in [6.07, 6.45) is 0.404. The van der Waals surface area contributed by atoms with E-state index in [4.69, 9.17) is 5.11 Å². The van der Waals surface area contributed by atoms with Crippen molar-refractivity contribution in [3.8, 4) is 11.8 Å². The predicted molar refractivity (Wildman–Crippen MR) is 87.1 cm³/mol. The number of thiazole rings is 1. The average molecular weight is 320 g/mol. The lowest BCUT2D eigenvalue weighted by atomic mass is 10.2. The fourth-order valence-electron chi connectivity index (χ4n) is 1.56. The Labute approximate surface area is 131 Å². The molecule has 0 saturated heterocycles. The largest absolute Gasteiger partial charge is 0.395 e. The van der Waals surface area contributed by atoms with E-state index < -0.39 is 0 Å². The molecule has 0 unspecified atom stereocenters. The molecule has 2 aromatic heterocycles. The maximum atomic E-state index is 12.3. The van der Waals surface area contributed by atoms with Crippen molar-refractivity contribution in [3.63, 3.8) is 0 Å². The molecule has 0 bridgehead atoms. The number of aliphatic hydroxyl groups is 1. The molecule has 0 aliphatic carbocycles. The number of anilines is 1. The molecule has 2 aromatic rings. The molecular formula is C15H16N2O2S2. The second-order valence-corrected chi connectivity index (χ2v) is 6.40. The third-order valence-corrected chi connectivity index (χ3v) is 4.35. The number of carbonyl (C=O) groups is 1. The number of nitrogens with zero attached hydrogens (tertiary/aromatic N) is 1. The fourth-order valence-corrected chi connectivity index (χ4v) is 3.17. The lowest BCUT2D eigenvalue weighted by molar-refractivity contribution is 0.103. The van der Waals surface area contributed by atoms with Crippen LogP contribution >= 0.6 is 22.7 Å². The molecule has 0 atom stereocenters. The lowest BCUT2D eigenvalue weighted by Gasteiger charge is -2.00. The van der Waals surface area contributed by atoms with Crippen LogP contribution in [0, 0.1) is 11.8 Å². The minimum Gasteiger partial charge on any atom is -0.395 e. The van der Waals surface area contributed by atoms with Crippen LogP contribution < -0.4 is 5.32 Å². The first-order valence-corrected chi connectivity index (χ1v) is 8.31. The molecule has 6 heteroatoms. The van der Waals surface area contributed by atoms with Gasteiger partial charge in [0.2, 0.25) is 0 Å². The number of hydrogen-bond acceptors (Lipinski definition) is 5. The van der Waals surface area contributed by atoms with Crippen LogP contribution in [-0.4, -0.2) is 22.6 Å². The normalized spacial score (nSPS) is 10.3. The fraction of sp³-hybridized carbons (Fsp3) is 0.333. The molecule has 0 radical (unpaired) electrons. The first-order valence-electron chi connectivity index (χ1n) is 6.55. The summed E-state index contributed by atoms with van der Waals surface area (Å²) in [4.78, 5) is 17.2. The monoisotopic (exact) mass is 320 g/mol. The Balaban J connectivity index is 2.10. The molecule has 2 heterocycles. The Morgan fingerprint density at radius 3 is 2.95 bits per heavy atom. The van der Waals surface area contributed by atoms with Crippen LogP contribution in [-0.2, 0) is 0 Å². The number of rotatable bonds is 4. The van der Waals surface area contributed by atoms with Crippen molar-refractivity contribution in [3.05, 3.63) is 33.0 Å². The predicted octanol–water partition coefficient (Wildman–Crippen LogP) is 3.31. The summed E-state index contributed by atoms with van der Waals surface area (Å²) >= 11 is 2.77. The van der Waals surface area contributed by atoms with Gasteiger partial charge in [0.1, 0.15) is 4.88 Å². The molecule has 0 aromatic carbocycles. The third kappa shape index (κ3) is 4.14. The van der Waals surface area contributed by atoms with E-state index >= 15 is 0 Å². The average Bonchev–Trinajstić information content (AvgIpc) is 3.08. The number of nitrogens with one attached hydrogen (secondary N) is 1. The van der Waals surface area contributed by atoms with Gasteiger partial charge in [0.15, 0.2) is 5.13 Å². The summed E-state index contributed by atoms with van der Waals surface area (Å²) in [7, 11) is 0. The third-order valence-electron chi connectivity index (χ3n) is 2.67. The Morgan fingerprint density at radius 2 is 2.29 bits per heavy atom. The van der Waals surface area contributed by atoms with Gasteiger partial charge in [-0.1, -0.05) is 25.7 Å². The number of carbonyl (C=O) groups excluding carboxylic acids is 1. The van der Waals surface area contributed by atoms with Crippen molar-refractivity contribution >= 4 is 33.7 Å². The molecule has 0 fully saturated rings. The van der Waals surface area contributed by atoms with Gasteiger partial charge in [-0.25, -0.2) is 4.98 Å². The van der Waals surface area contributed by atoms with Gasteiger partial charge in [0.05, 0.1) is 12.3 Å². The zero-order valence-corrected chi connectivity index (χ0v) is 13.5. The van der Waals surface area contributed by atoms with Crippen LogP contribution in [0.4, 0.5) is 5.13 Å². The maximum absolute atomic E-state index is 12.3. The van der Waals surface area contributed by atoms with Crippen LogP contribution in [0.15, 0.2) is 16.8 Å². The molecule has 21 heavy (non-hydrogen) atoms. The summed E-state index contributed by atoms with van der Waals surface area (Å²) in [6.45, 7) is 4.15. The van der Waals surface area contributed by atoms with E-state index in [0.717, 1.165) is 5.69 Å². The van der Waals surface area contributed by atoms with Gasteiger partial charge >= 0.3 is 0 Å². The van der Waals surface area contributed by atoms with Crippen LogP contribution in [0.1, 0.15) is 47.1 Å². The highest BCUT2D eigenvalue weighted by Crippen LogP contribution is 2.23. The van der Waals surface area contributed by atoms with E-state index in [-0.39, 0.29) is 12.5 Å². The molecule has 1 amide bonds. The molecule has 110 valence electrons. The molecule has 0 aliphatic heterocycles. The van der Waals surface area contributed by atoms with E-state index in [1.165, 1.54) is 22.7 Å². The topological polar surface area (TPSA) is 62.2 Å². The summed E-state index contributed by atoms with van der Waals surface area (Å²) in [5.74, 6) is 5.89. The molecule has 2 rings (SSSR count). The van der Waals surface area contributed by atoms with Crippen molar-refractivity contribution in [1.29, 1.82) is 0 Å².